The van der Waals surface area contributed by atoms with Crippen molar-refractivity contribution >= 4 is 37.5 Å². The van der Waals surface area contributed by atoms with Gasteiger partial charge in [0.1, 0.15) is 5.82 Å². The van der Waals surface area contributed by atoms with Gasteiger partial charge in [0.15, 0.2) is 0 Å². The number of hydrogen-bond donors (Lipinski definition) is 1. The summed E-state index contributed by atoms with van der Waals surface area (Å²) in [6.07, 6.45) is 0. The average Bonchev–Trinajstić information content (AvgIpc) is 2.33. The van der Waals surface area contributed by atoms with E-state index in [0.717, 1.165) is 15.7 Å². The Morgan fingerprint density at radius 2 is 1.71 bits per heavy atom. The third-order valence-electron chi connectivity index (χ3n) is 2.32. The lowest BCUT2D eigenvalue weighted by Crippen LogP contribution is -1.99. The topological polar surface area (TPSA) is 12.0 Å². The van der Waals surface area contributed by atoms with Crippen molar-refractivity contribution in [1.82, 2.24) is 0 Å². The number of rotatable bonds is 3. The Hall–Kier alpha value is -0.870. The van der Waals surface area contributed by atoms with E-state index in [1.165, 1.54) is 6.07 Å². The predicted octanol–water partition coefficient (Wildman–Crippen LogP) is 4.96. The second kappa shape index (κ2) is 5.65. The summed E-state index contributed by atoms with van der Waals surface area (Å²) in [4.78, 5) is 0. The lowest BCUT2D eigenvalue weighted by atomic mass is 10.2. The molecule has 0 unspecified atom stereocenters. The molecule has 0 aliphatic heterocycles. The van der Waals surface area contributed by atoms with Gasteiger partial charge in [-0.1, -0.05) is 22.0 Å². The highest BCUT2D eigenvalue weighted by molar-refractivity contribution is 9.10. The van der Waals surface area contributed by atoms with Crippen LogP contribution in [0.1, 0.15) is 5.56 Å². The lowest BCUT2D eigenvalue weighted by Gasteiger charge is -2.07. The number of hydrogen-bond acceptors (Lipinski definition) is 1. The van der Waals surface area contributed by atoms with Gasteiger partial charge in [-0.3, -0.25) is 0 Å². The van der Waals surface area contributed by atoms with Crippen molar-refractivity contribution in [2.24, 2.45) is 0 Å². The maximum absolute atomic E-state index is 13.3. The van der Waals surface area contributed by atoms with Crippen LogP contribution in [0, 0.1) is 5.82 Å². The third-order valence-corrected chi connectivity index (χ3v) is 3.50. The van der Waals surface area contributed by atoms with Crippen LogP contribution < -0.4 is 5.32 Å². The van der Waals surface area contributed by atoms with E-state index in [-0.39, 0.29) is 5.82 Å². The van der Waals surface area contributed by atoms with Crippen molar-refractivity contribution in [1.29, 1.82) is 0 Å². The molecule has 0 bridgehead atoms. The minimum atomic E-state index is -0.236. The van der Waals surface area contributed by atoms with Crippen LogP contribution in [-0.4, -0.2) is 0 Å². The van der Waals surface area contributed by atoms with Crippen LogP contribution in [0.4, 0.5) is 10.1 Å². The molecule has 17 heavy (non-hydrogen) atoms. The van der Waals surface area contributed by atoms with E-state index in [4.69, 9.17) is 0 Å². The van der Waals surface area contributed by atoms with E-state index in [1.54, 1.807) is 6.07 Å². The zero-order valence-electron chi connectivity index (χ0n) is 8.88. The summed E-state index contributed by atoms with van der Waals surface area (Å²) in [5.41, 5.74) is 1.92. The molecule has 0 aliphatic rings. The quantitative estimate of drug-likeness (QED) is 0.817. The molecule has 4 heteroatoms. The van der Waals surface area contributed by atoms with E-state index < -0.39 is 0 Å². The maximum Gasteiger partial charge on any atom is 0.137 e. The largest absolute Gasteiger partial charge is 0.381 e. The molecular formula is C13H10Br2FN. The van der Waals surface area contributed by atoms with E-state index in [0.29, 0.717) is 11.0 Å². The molecule has 2 aromatic carbocycles. The Bertz CT molecular complexity index is 511. The smallest absolute Gasteiger partial charge is 0.137 e. The zero-order valence-corrected chi connectivity index (χ0v) is 12.1. The molecule has 88 valence electrons. The monoisotopic (exact) mass is 357 g/mol. The highest BCUT2D eigenvalue weighted by Gasteiger charge is 2.00. The van der Waals surface area contributed by atoms with Gasteiger partial charge in [-0.15, -0.1) is 0 Å². The number of nitrogens with one attached hydrogen (secondary N) is 1. The van der Waals surface area contributed by atoms with E-state index >= 15 is 0 Å². The summed E-state index contributed by atoms with van der Waals surface area (Å²) in [7, 11) is 0. The van der Waals surface area contributed by atoms with Crippen molar-refractivity contribution in [3.8, 4) is 0 Å². The predicted molar refractivity (Wildman–Crippen MR) is 75.6 cm³/mol. The first-order chi connectivity index (χ1) is 8.15. The Labute approximate surface area is 116 Å². The van der Waals surface area contributed by atoms with Crippen LogP contribution >= 0.6 is 31.9 Å². The second-order valence-electron chi connectivity index (χ2n) is 3.61. The standard InChI is InChI=1S/C13H10Br2FN/c14-10-2-4-11(5-3-10)17-8-9-1-6-12(15)13(16)7-9/h1-7,17H,8H2. The molecule has 1 nitrogen and oxygen atoms in total. The van der Waals surface area contributed by atoms with E-state index in [1.807, 2.05) is 30.3 Å². The molecule has 0 spiro atoms. The van der Waals surface area contributed by atoms with Gasteiger partial charge in [-0.2, -0.15) is 0 Å². The summed E-state index contributed by atoms with van der Waals surface area (Å²) >= 11 is 6.51. The molecule has 0 radical (unpaired) electrons. The molecule has 0 aliphatic carbocycles. The summed E-state index contributed by atoms with van der Waals surface area (Å²) < 4.78 is 14.8. The van der Waals surface area contributed by atoms with Crippen molar-refractivity contribution in [3.05, 3.63) is 62.8 Å². The molecule has 0 aromatic heterocycles. The van der Waals surface area contributed by atoms with Gasteiger partial charge in [-0.05, 0) is 57.9 Å². The fraction of sp³-hybridized carbons (Fsp3) is 0.0769. The highest BCUT2D eigenvalue weighted by Crippen LogP contribution is 2.18. The van der Waals surface area contributed by atoms with Gasteiger partial charge in [0.25, 0.3) is 0 Å². The molecule has 2 rings (SSSR count). The molecule has 1 N–H and O–H groups in total. The van der Waals surface area contributed by atoms with Crippen molar-refractivity contribution in [2.45, 2.75) is 6.54 Å². The third kappa shape index (κ3) is 3.54. The maximum atomic E-state index is 13.3. The van der Waals surface area contributed by atoms with Gasteiger partial charge in [0, 0.05) is 16.7 Å². The van der Waals surface area contributed by atoms with Gasteiger partial charge in [0.05, 0.1) is 4.47 Å². The van der Waals surface area contributed by atoms with Crippen LogP contribution in [0.5, 0.6) is 0 Å². The second-order valence-corrected chi connectivity index (χ2v) is 5.38. The number of benzene rings is 2. The lowest BCUT2D eigenvalue weighted by molar-refractivity contribution is 0.619. The summed E-state index contributed by atoms with van der Waals surface area (Å²) in [6, 6.07) is 13.0. The molecule has 0 amide bonds. The Kier molecular flexibility index (Phi) is 4.18. The Morgan fingerprint density at radius 3 is 2.35 bits per heavy atom. The molecular weight excluding hydrogens is 349 g/mol. The highest BCUT2D eigenvalue weighted by atomic mass is 79.9. The van der Waals surface area contributed by atoms with Gasteiger partial charge >= 0.3 is 0 Å². The zero-order chi connectivity index (χ0) is 12.3. The minimum Gasteiger partial charge on any atom is -0.381 e. The molecule has 0 heterocycles. The fourth-order valence-corrected chi connectivity index (χ4v) is 1.93. The number of halogens is 3. The van der Waals surface area contributed by atoms with Crippen LogP contribution in [0.25, 0.3) is 0 Å². The summed E-state index contributed by atoms with van der Waals surface area (Å²) in [6.45, 7) is 0.603. The molecule has 0 atom stereocenters. The summed E-state index contributed by atoms with van der Waals surface area (Å²) in [5.74, 6) is -0.236. The first-order valence-electron chi connectivity index (χ1n) is 5.08. The van der Waals surface area contributed by atoms with Crippen LogP contribution in [-0.2, 0) is 6.54 Å². The molecule has 0 fully saturated rings. The molecule has 0 saturated heterocycles. The number of anilines is 1. The van der Waals surface area contributed by atoms with Gasteiger partial charge in [-0.25, -0.2) is 4.39 Å². The average molecular weight is 359 g/mol. The van der Waals surface area contributed by atoms with Crippen molar-refractivity contribution in [3.63, 3.8) is 0 Å². The van der Waals surface area contributed by atoms with Crippen LogP contribution in [0.3, 0.4) is 0 Å². The fourth-order valence-electron chi connectivity index (χ4n) is 1.42. The summed E-state index contributed by atoms with van der Waals surface area (Å²) in [5, 5.41) is 3.23. The first-order valence-corrected chi connectivity index (χ1v) is 6.67. The van der Waals surface area contributed by atoms with E-state index in [9.17, 15) is 4.39 Å². The molecule has 0 saturated carbocycles. The van der Waals surface area contributed by atoms with Crippen molar-refractivity contribution < 1.29 is 4.39 Å². The minimum absolute atomic E-state index is 0.236. The van der Waals surface area contributed by atoms with Crippen LogP contribution in [0.15, 0.2) is 51.4 Å². The van der Waals surface area contributed by atoms with Gasteiger partial charge in [0.2, 0.25) is 0 Å². The van der Waals surface area contributed by atoms with Crippen LogP contribution in [0.2, 0.25) is 0 Å². The SMILES string of the molecule is Fc1cc(CNc2ccc(Br)cc2)ccc1Br. The van der Waals surface area contributed by atoms with Crippen molar-refractivity contribution in [2.75, 3.05) is 5.32 Å². The Morgan fingerprint density at radius 1 is 1.00 bits per heavy atom. The normalized spacial score (nSPS) is 10.3. The Balaban J connectivity index is 2.02. The first kappa shape index (κ1) is 12.6. The van der Waals surface area contributed by atoms with E-state index in [2.05, 4.69) is 37.2 Å². The van der Waals surface area contributed by atoms with Gasteiger partial charge < -0.3 is 5.32 Å². The molecule has 2 aromatic rings.